The summed E-state index contributed by atoms with van der Waals surface area (Å²) in [7, 11) is 0. The zero-order valence-corrected chi connectivity index (χ0v) is 14.1. The van der Waals surface area contributed by atoms with E-state index in [9.17, 15) is 0 Å². The number of rotatable bonds is 7. The monoisotopic (exact) mass is 311 g/mol. The van der Waals surface area contributed by atoms with E-state index < -0.39 is 0 Å². The van der Waals surface area contributed by atoms with Gasteiger partial charge in [0.05, 0.1) is 11.4 Å². The number of hydrogen-bond acceptors (Lipinski definition) is 3. The minimum Gasteiger partial charge on any atom is -0.306 e. The van der Waals surface area contributed by atoms with E-state index in [1.165, 1.54) is 11.4 Å². The van der Waals surface area contributed by atoms with E-state index in [0.29, 0.717) is 12.0 Å². The van der Waals surface area contributed by atoms with Gasteiger partial charge in [0.25, 0.3) is 0 Å². The maximum absolute atomic E-state index is 4.38. The number of hydrogen-bond donors (Lipinski definition) is 1. The fourth-order valence-electron chi connectivity index (χ4n) is 2.29. The zero-order valence-electron chi connectivity index (χ0n) is 13.3. The predicted octanol–water partition coefficient (Wildman–Crippen LogP) is 3.03. The molecule has 0 aliphatic rings. The second-order valence-corrected chi connectivity index (χ2v) is 5.86. The summed E-state index contributed by atoms with van der Waals surface area (Å²) in [6.07, 6.45) is 3.73. The third-order valence-corrected chi connectivity index (χ3v) is 3.20. The van der Waals surface area contributed by atoms with Gasteiger partial charge in [-0.2, -0.15) is 10.2 Å². The molecule has 0 radical (unpaired) electrons. The fraction of sp³-hybridized carbons (Fsp3) is 0.600. The van der Waals surface area contributed by atoms with E-state index in [1.807, 2.05) is 12.4 Å². The average molecular weight is 312 g/mol. The Morgan fingerprint density at radius 1 is 1.00 bits per heavy atom. The van der Waals surface area contributed by atoms with Crippen LogP contribution in [-0.4, -0.2) is 19.6 Å². The van der Waals surface area contributed by atoms with Crippen LogP contribution in [0, 0.1) is 5.92 Å². The normalized spacial score (nSPS) is 11.1. The maximum atomic E-state index is 4.38. The van der Waals surface area contributed by atoms with E-state index >= 15 is 0 Å². The first-order valence-corrected chi connectivity index (χ1v) is 7.31. The van der Waals surface area contributed by atoms with Gasteiger partial charge in [0.2, 0.25) is 0 Å². The van der Waals surface area contributed by atoms with Gasteiger partial charge in [-0.1, -0.05) is 13.8 Å². The molecule has 2 aromatic rings. The highest BCUT2D eigenvalue weighted by Gasteiger charge is 2.07. The highest BCUT2D eigenvalue weighted by atomic mass is 35.5. The van der Waals surface area contributed by atoms with Gasteiger partial charge in [0, 0.05) is 38.1 Å². The quantitative estimate of drug-likeness (QED) is 0.855. The third kappa shape index (κ3) is 4.86. The number of aromatic nitrogens is 4. The zero-order chi connectivity index (χ0) is 14.5. The second-order valence-electron chi connectivity index (χ2n) is 5.86. The van der Waals surface area contributed by atoms with Crippen molar-refractivity contribution in [2.75, 3.05) is 0 Å². The van der Waals surface area contributed by atoms with Crippen molar-refractivity contribution < 1.29 is 0 Å². The van der Waals surface area contributed by atoms with Crippen LogP contribution in [0.1, 0.15) is 45.1 Å². The van der Waals surface area contributed by atoms with Gasteiger partial charge >= 0.3 is 0 Å². The molecule has 2 aromatic heterocycles. The SMILES string of the molecule is CC(C)Cn1nccc1CNCc1ccnn1C(C)C.Cl. The topological polar surface area (TPSA) is 47.7 Å². The van der Waals surface area contributed by atoms with Crippen LogP contribution in [0.3, 0.4) is 0 Å². The van der Waals surface area contributed by atoms with Gasteiger partial charge < -0.3 is 5.32 Å². The molecule has 0 aromatic carbocycles. The van der Waals surface area contributed by atoms with Crippen molar-refractivity contribution in [3.05, 3.63) is 35.9 Å². The summed E-state index contributed by atoms with van der Waals surface area (Å²) >= 11 is 0. The lowest BCUT2D eigenvalue weighted by atomic mass is 10.2. The predicted molar refractivity (Wildman–Crippen MR) is 87.5 cm³/mol. The smallest absolute Gasteiger partial charge is 0.0525 e. The van der Waals surface area contributed by atoms with Crippen LogP contribution in [0.25, 0.3) is 0 Å². The first-order valence-electron chi connectivity index (χ1n) is 7.31. The summed E-state index contributed by atoms with van der Waals surface area (Å²) in [5, 5.41) is 12.2. The highest BCUT2D eigenvalue weighted by Crippen LogP contribution is 2.08. The van der Waals surface area contributed by atoms with Gasteiger partial charge in [0.1, 0.15) is 0 Å². The highest BCUT2D eigenvalue weighted by molar-refractivity contribution is 5.85. The minimum atomic E-state index is 0. The van der Waals surface area contributed by atoms with Crippen LogP contribution in [0.4, 0.5) is 0 Å². The van der Waals surface area contributed by atoms with Crippen LogP contribution >= 0.6 is 12.4 Å². The lowest BCUT2D eigenvalue weighted by Gasteiger charge is -2.13. The Kier molecular flexibility index (Phi) is 6.92. The van der Waals surface area contributed by atoms with Crippen molar-refractivity contribution in [1.82, 2.24) is 24.9 Å². The Bertz CT molecular complexity index is 530. The fourth-order valence-corrected chi connectivity index (χ4v) is 2.29. The Balaban J connectivity index is 0.00000220. The van der Waals surface area contributed by atoms with Crippen LogP contribution in [0.2, 0.25) is 0 Å². The van der Waals surface area contributed by atoms with E-state index in [2.05, 4.69) is 64.7 Å². The van der Waals surface area contributed by atoms with E-state index in [0.717, 1.165) is 19.6 Å². The first-order chi connectivity index (χ1) is 9.58. The number of halogens is 1. The lowest BCUT2D eigenvalue weighted by molar-refractivity contribution is 0.455. The van der Waals surface area contributed by atoms with Crippen LogP contribution < -0.4 is 5.32 Å². The van der Waals surface area contributed by atoms with Crippen molar-refractivity contribution in [3.63, 3.8) is 0 Å². The first kappa shape index (κ1) is 17.7. The molecule has 2 rings (SSSR count). The minimum absolute atomic E-state index is 0. The molecule has 5 nitrogen and oxygen atoms in total. The molecule has 0 fully saturated rings. The summed E-state index contributed by atoms with van der Waals surface area (Å²) in [5.41, 5.74) is 2.45. The van der Waals surface area contributed by atoms with Crippen LogP contribution in [0.15, 0.2) is 24.5 Å². The Labute approximate surface area is 133 Å². The summed E-state index contributed by atoms with van der Waals surface area (Å²) < 4.78 is 4.13. The molecule has 0 atom stereocenters. The van der Waals surface area contributed by atoms with Crippen molar-refractivity contribution in [1.29, 1.82) is 0 Å². The molecule has 118 valence electrons. The summed E-state index contributed by atoms with van der Waals surface area (Å²) in [6.45, 7) is 11.3. The molecule has 0 saturated heterocycles. The van der Waals surface area contributed by atoms with E-state index in [1.54, 1.807) is 0 Å². The summed E-state index contributed by atoms with van der Waals surface area (Å²) in [4.78, 5) is 0. The number of nitrogens with one attached hydrogen (secondary N) is 1. The standard InChI is InChI=1S/C15H25N5.ClH/c1-12(2)11-19-14(5-7-17-19)9-16-10-15-6-8-18-20(15)13(3)4;/h5-8,12-13,16H,9-11H2,1-4H3;1H. The molecule has 2 heterocycles. The van der Waals surface area contributed by atoms with Gasteiger partial charge in [-0.05, 0) is 31.9 Å². The molecule has 0 amide bonds. The second kappa shape index (κ2) is 8.20. The van der Waals surface area contributed by atoms with E-state index in [-0.39, 0.29) is 12.4 Å². The largest absolute Gasteiger partial charge is 0.306 e. The van der Waals surface area contributed by atoms with Gasteiger partial charge in [0.15, 0.2) is 0 Å². The lowest BCUT2D eigenvalue weighted by Crippen LogP contribution is -2.20. The third-order valence-electron chi connectivity index (χ3n) is 3.20. The van der Waals surface area contributed by atoms with Crippen molar-refractivity contribution >= 4 is 12.4 Å². The Morgan fingerprint density at radius 3 is 2.29 bits per heavy atom. The molecule has 0 unspecified atom stereocenters. The Hall–Kier alpha value is -1.33. The van der Waals surface area contributed by atoms with Crippen molar-refractivity contribution in [3.8, 4) is 0 Å². The average Bonchev–Trinajstić information content (AvgIpc) is 2.98. The molecule has 1 N–H and O–H groups in total. The molecule has 0 bridgehead atoms. The molecule has 21 heavy (non-hydrogen) atoms. The van der Waals surface area contributed by atoms with Crippen LogP contribution in [0.5, 0.6) is 0 Å². The number of nitrogens with zero attached hydrogens (tertiary/aromatic N) is 4. The maximum Gasteiger partial charge on any atom is 0.0525 e. The van der Waals surface area contributed by atoms with Crippen molar-refractivity contribution in [2.45, 2.75) is 53.4 Å². The molecule has 0 aliphatic carbocycles. The molecule has 6 heteroatoms. The van der Waals surface area contributed by atoms with E-state index in [4.69, 9.17) is 0 Å². The molecule has 0 saturated carbocycles. The summed E-state index contributed by atoms with van der Waals surface area (Å²) in [5.74, 6) is 0.607. The molecular weight excluding hydrogens is 286 g/mol. The van der Waals surface area contributed by atoms with Crippen LogP contribution in [-0.2, 0) is 19.6 Å². The molecular formula is C15H26ClN5. The van der Waals surface area contributed by atoms with Gasteiger partial charge in [-0.15, -0.1) is 12.4 Å². The van der Waals surface area contributed by atoms with Gasteiger partial charge in [-0.3, -0.25) is 9.36 Å². The molecule has 0 spiro atoms. The Morgan fingerprint density at radius 2 is 1.62 bits per heavy atom. The molecule has 0 aliphatic heterocycles. The summed E-state index contributed by atoms with van der Waals surface area (Å²) in [6, 6.07) is 4.54. The van der Waals surface area contributed by atoms with Crippen molar-refractivity contribution in [2.24, 2.45) is 5.92 Å². The van der Waals surface area contributed by atoms with Gasteiger partial charge in [-0.25, -0.2) is 0 Å².